The molecule has 0 aromatic carbocycles. The van der Waals surface area contributed by atoms with Gasteiger partial charge in [-0.2, -0.15) is 0 Å². The standard InChI is InChI=1S/C21H26N6O3/c1-4-16-13-30-21(29)27(16)18-6-5-17(23-24-18)20(28)26-9-7-25(8-10-26)19-15(3)11-14(2)12-22-19/h5-6,11-12,16H,4,7-10,13H2,1-3H3. The van der Waals surface area contributed by atoms with E-state index in [9.17, 15) is 9.59 Å². The number of aromatic nitrogens is 3. The quantitative estimate of drug-likeness (QED) is 0.763. The molecule has 4 heterocycles. The number of hydrogen-bond acceptors (Lipinski definition) is 7. The third kappa shape index (κ3) is 3.79. The first-order valence-corrected chi connectivity index (χ1v) is 10.2. The molecule has 158 valence electrons. The minimum absolute atomic E-state index is 0.0553. The highest BCUT2D eigenvalue weighted by Gasteiger charge is 2.34. The number of cyclic esters (lactones) is 1. The Morgan fingerprint density at radius 3 is 2.57 bits per heavy atom. The summed E-state index contributed by atoms with van der Waals surface area (Å²) in [4.78, 5) is 34.8. The van der Waals surface area contributed by atoms with E-state index in [0.29, 0.717) is 38.6 Å². The van der Waals surface area contributed by atoms with Crippen LogP contribution in [0.15, 0.2) is 24.4 Å². The Labute approximate surface area is 175 Å². The molecule has 1 atom stereocenters. The molecule has 0 saturated carbocycles. The summed E-state index contributed by atoms with van der Waals surface area (Å²) in [5.41, 5.74) is 2.55. The van der Waals surface area contributed by atoms with Crippen molar-refractivity contribution in [2.45, 2.75) is 33.2 Å². The first-order valence-electron chi connectivity index (χ1n) is 10.2. The summed E-state index contributed by atoms with van der Waals surface area (Å²) in [7, 11) is 0. The number of ether oxygens (including phenoxy) is 1. The minimum Gasteiger partial charge on any atom is -0.447 e. The summed E-state index contributed by atoms with van der Waals surface area (Å²) in [5, 5.41) is 8.20. The van der Waals surface area contributed by atoms with Crippen molar-refractivity contribution in [3.8, 4) is 0 Å². The predicted molar refractivity (Wildman–Crippen MR) is 112 cm³/mol. The number of amides is 2. The van der Waals surface area contributed by atoms with Crippen molar-refractivity contribution in [1.82, 2.24) is 20.1 Å². The zero-order valence-corrected chi connectivity index (χ0v) is 17.5. The van der Waals surface area contributed by atoms with Gasteiger partial charge in [0.1, 0.15) is 12.4 Å². The molecule has 0 radical (unpaired) electrons. The molecule has 2 aromatic heterocycles. The molecule has 2 amide bonds. The molecular weight excluding hydrogens is 384 g/mol. The summed E-state index contributed by atoms with van der Waals surface area (Å²) in [6.07, 6.45) is 2.20. The molecule has 2 saturated heterocycles. The fourth-order valence-corrected chi connectivity index (χ4v) is 3.93. The van der Waals surface area contributed by atoms with Crippen LogP contribution in [0.2, 0.25) is 0 Å². The van der Waals surface area contributed by atoms with E-state index in [0.717, 1.165) is 23.4 Å². The molecular formula is C21H26N6O3. The van der Waals surface area contributed by atoms with E-state index >= 15 is 0 Å². The van der Waals surface area contributed by atoms with Crippen LogP contribution in [0.3, 0.4) is 0 Å². The second-order valence-corrected chi connectivity index (χ2v) is 7.72. The lowest BCUT2D eigenvalue weighted by Crippen LogP contribution is -2.49. The van der Waals surface area contributed by atoms with Gasteiger partial charge in [0.15, 0.2) is 11.5 Å². The summed E-state index contributed by atoms with van der Waals surface area (Å²) in [5.74, 6) is 1.23. The van der Waals surface area contributed by atoms with E-state index in [1.54, 1.807) is 17.0 Å². The van der Waals surface area contributed by atoms with Crippen LogP contribution in [0, 0.1) is 13.8 Å². The summed E-state index contributed by atoms with van der Waals surface area (Å²) >= 11 is 0. The van der Waals surface area contributed by atoms with Gasteiger partial charge in [0.2, 0.25) is 0 Å². The highest BCUT2D eigenvalue weighted by molar-refractivity contribution is 5.93. The Hall–Kier alpha value is -3.23. The van der Waals surface area contributed by atoms with Gasteiger partial charge in [-0.15, -0.1) is 10.2 Å². The highest BCUT2D eigenvalue weighted by atomic mass is 16.6. The van der Waals surface area contributed by atoms with Crippen LogP contribution in [-0.2, 0) is 4.74 Å². The Kier molecular flexibility index (Phi) is 5.52. The Morgan fingerprint density at radius 1 is 1.17 bits per heavy atom. The zero-order chi connectivity index (χ0) is 21.3. The number of carbonyl (C=O) groups excluding carboxylic acids is 2. The molecule has 2 aromatic rings. The van der Waals surface area contributed by atoms with Crippen molar-refractivity contribution >= 4 is 23.6 Å². The monoisotopic (exact) mass is 410 g/mol. The third-order valence-electron chi connectivity index (χ3n) is 5.60. The van der Waals surface area contributed by atoms with Gasteiger partial charge < -0.3 is 14.5 Å². The van der Waals surface area contributed by atoms with Crippen LogP contribution in [0.4, 0.5) is 16.4 Å². The number of aryl methyl sites for hydroxylation is 2. The van der Waals surface area contributed by atoms with Gasteiger partial charge in [-0.25, -0.2) is 9.78 Å². The van der Waals surface area contributed by atoms with Crippen LogP contribution >= 0.6 is 0 Å². The van der Waals surface area contributed by atoms with Crippen molar-refractivity contribution in [2.24, 2.45) is 0 Å². The van der Waals surface area contributed by atoms with Gasteiger partial charge in [0.05, 0.1) is 6.04 Å². The van der Waals surface area contributed by atoms with Crippen LogP contribution in [-0.4, -0.2) is 70.9 Å². The molecule has 1 unspecified atom stereocenters. The smallest absolute Gasteiger partial charge is 0.415 e. The van der Waals surface area contributed by atoms with Crippen molar-refractivity contribution in [3.63, 3.8) is 0 Å². The third-order valence-corrected chi connectivity index (χ3v) is 5.60. The van der Waals surface area contributed by atoms with E-state index in [1.807, 2.05) is 20.0 Å². The molecule has 0 spiro atoms. The number of anilines is 2. The summed E-state index contributed by atoms with van der Waals surface area (Å²) < 4.78 is 5.09. The maximum Gasteiger partial charge on any atom is 0.415 e. The molecule has 4 rings (SSSR count). The van der Waals surface area contributed by atoms with Gasteiger partial charge >= 0.3 is 6.09 Å². The first kappa shape index (κ1) is 20.1. The van der Waals surface area contributed by atoms with E-state index in [1.165, 1.54) is 4.90 Å². The lowest BCUT2D eigenvalue weighted by atomic mass is 10.2. The molecule has 30 heavy (non-hydrogen) atoms. The molecule has 9 heteroatoms. The van der Waals surface area contributed by atoms with Gasteiger partial charge in [-0.1, -0.05) is 13.0 Å². The Balaban J connectivity index is 1.40. The number of hydrogen-bond donors (Lipinski definition) is 0. The van der Waals surface area contributed by atoms with Crippen LogP contribution in [0.1, 0.15) is 35.0 Å². The SMILES string of the molecule is CCC1COC(=O)N1c1ccc(C(=O)N2CCN(c3ncc(C)cc3C)CC2)nn1. The van der Waals surface area contributed by atoms with Gasteiger partial charge in [0, 0.05) is 32.4 Å². The molecule has 2 aliphatic rings. The van der Waals surface area contributed by atoms with Crippen molar-refractivity contribution in [2.75, 3.05) is 42.6 Å². The fourth-order valence-electron chi connectivity index (χ4n) is 3.93. The van der Waals surface area contributed by atoms with Crippen molar-refractivity contribution in [3.05, 3.63) is 41.2 Å². The van der Waals surface area contributed by atoms with Gasteiger partial charge in [-0.3, -0.25) is 9.69 Å². The van der Waals surface area contributed by atoms with Gasteiger partial charge in [0.25, 0.3) is 5.91 Å². The largest absolute Gasteiger partial charge is 0.447 e. The Morgan fingerprint density at radius 2 is 1.93 bits per heavy atom. The minimum atomic E-state index is -0.425. The van der Waals surface area contributed by atoms with Crippen LogP contribution in [0.5, 0.6) is 0 Å². The lowest BCUT2D eigenvalue weighted by Gasteiger charge is -2.35. The second kappa shape index (κ2) is 8.25. The van der Waals surface area contributed by atoms with Gasteiger partial charge in [-0.05, 0) is 43.5 Å². The average Bonchev–Trinajstić information content (AvgIpc) is 3.14. The molecule has 0 N–H and O–H groups in total. The molecule has 9 nitrogen and oxygen atoms in total. The lowest BCUT2D eigenvalue weighted by molar-refractivity contribution is 0.0739. The van der Waals surface area contributed by atoms with E-state index in [4.69, 9.17) is 4.74 Å². The van der Waals surface area contributed by atoms with E-state index < -0.39 is 6.09 Å². The number of pyridine rings is 1. The maximum atomic E-state index is 12.9. The summed E-state index contributed by atoms with van der Waals surface area (Å²) in [6.45, 7) is 9.03. The van der Waals surface area contributed by atoms with Crippen LogP contribution < -0.4 is 9.80 Å². The second-order valence-electron chi connectivity index (χ2n) is 7.72. The number of rotatable bonds is 4. The zero-order valence-electron chi connectivity index (χ0n) is 17.5. The number of carbonyl (C=O) groups is 2. The maximum absolute atomic E-state index is 12.9. The predicted octanol–water partition coefficient (Wildman–Crippen LogP) is 2.19. The highest BCUT2D eigenvalue weighted by Crippen LogP contribution is 2.23. The molecule has 2 fully saturated rings. The normalized spacial score (nSPS) is 19.2. The number of piperazine rings is 1. The van der Waals surface area contributed by atoms with Crippen molar-refractivity contribution in [1.29, 1.82) is 0 Å². The Bertz CT molecular complexity index is 940. The average molecular weight is 410 g/mol. The van der Waals surface area contributed by atoms with E-state index in [-0.39, 0.29) is 17.6 Å². The molecule has 2 aliphatic heterocycles. The van der Waals surface area contributed by atoms with Crippen molar-refractivity contribution < 1.29 is 14.3 Å². The number of nitrogens with zero attached hydrogens (tertiary/aromatic N) is 6. The topological polar surface area (TPSA) is 91.8 Å². The fraction of sp³-hybridized carbons (Fsp3) is 0.476. The molecule has 0 bridgehead atoms. The summed E-state index contributed by atoms with van der Waals surface area (Å²) in [6, 6.07) is 5.35. The first-order chi connectivity index (χ1) is 14.5. The molecule has 0 aliphatic carbocycles. The van der Waals surface area contributed by atoms with E-state index in [2.05, 4.69) is 33.1 Å². The van der Waals surface area contributed by atoms with Crippen LogP contribution in [0.25, 0.3) is 0 Å².